The van der Waals surface area contributed by atoms with Crippen LogP contribution >= 0.6 is 15.9 Å². The van der Waals surface area contributed by atoms with Crippen LogP contribution in [0.15, 0.2) is 16.6 Å². The van der Waals surface area contributed by atoms with E-state index in [4.69, 9.17) is 15.2 Å². The van der Waals surface area contributed by atoms with Gasteiger partial charge in [0, 0.05) is 18.2 Å². The molecule has 0 radical (unpaired) electrons. The monoisotopic (exact) mass is 356 g/mol. The second-order valence-electron chi connectivity index (χ2n) is 5.13. The molecule has 1 unspecified atom stereocenters. The van der Waals surface area contributed by atoms with Gasteiger partial charge in [-0.1, -0.05) is 0 Å². The van der Waals surface area contributed by atoms with Gasteiger partial charge in [0.2, 0.25) is 0 Å². The summed E-state index contributed by atoms with van der Waals surface area (Å²) in [5, 5.41) is 2.87. The fourth-order valence-electron chi connectivity index (χ4n) is 2.14. The van der Waals surface area contributed by atoms with Crippen molar-refractivity contribution in [2.75, 3.05) is 20.3 Å². The number of rotatable bonds is 7. The van der Waals surface area contributed by atoms with E-state index in [2.05, 4.69) is 21.2 Å². The molecule has 1 aromatic rings. The SMILES string of the molecule is CCOc1c(Br)cc(C(=O)NCC(N)C2CC2)cc1OC. The van der Waals surface area contributed by atoms with E-state index in [0.717, 1.165) is 0 Å². The van der Waals surface area contributed by atoms with Gasteiger partial charge in [-0.05, 0) is 53.7 Å². The van der Waals surface area contributed by atoms with Gasteiger partial charge >= 0.3 is 0 Å². The van der Waals surface area contributed by atoms with Crippen molar-refractivity contribution in [3.05, 3.63) is 22.2 Å². The van der Waals surface area contributed by atoms with Crippen molar-refractivity contribution >= 4 is 21.8 Å². The first-order valence-corrected chi connectivity index (χ1v) is 7.90. The Morgan fingerprint density at radius 1 is 1.52 bits per heavy atom. The standard InChI is InChI=1S/C15H21BrN2O3/c1-3-21-14-11(16)6-10(7-13(14)20-2)15(19)18-8-12(17)9-4-5-9/h6-7,9,12H,3-5,8,17H2,1-2H3,(H,18,19). The number of halogens is 1. The molecule has 0 saturated heterocycles. The highest BCUT2D eigenvalue weighted by molar-refractivity contribution is 9.10. The highest BCUT2D eigenvalue weighted by atomic mass is 79.9. The Bertz CT molecular complexity index is 518. The van der Waals surface area contributed by atoms with Crippen LogP contribution in [-0.4, -0.2) is 32.2 Å². The van der Waals surface area contributed by atoms with Crippen LogP contribution in [0.5, 0.6) is 11.5 Å². The van der Waals surface area contributed by atoms with E-state index < -0.39 is 0 Å². The smallest absolute Gasteiger partial charge is 0.251 e. The predicted molar refractivity (Wildman–Crippen MR) is 84.9 cm³/mol. The summed E-state index contributed by atoms with van der Waals surface area (Å²) in [6.07, 6.45) is 2.33. The molecule has 116 valence electrons. The molecule has 0 aromatic heterocycles. The van der Waals surface area contributed by atoms with Crippen molar-refractivity contribution in [2.24, 2.45) is 11.7 Å². The molecule has 1 aliphatic carbocycles. The highest BCUT2D eigenvalue weighted by Gasteiger charge is 2.28. The van der Waals surface area contributed by atoms with E-state index in [1.165, 1.54) is 12.8 Å². The number of nitrogens with one attached hydrogen (secondary N) is 1. The lowest BCUT2D eigenvalue weighted by Gasteiger charge is -2.15. The maximum atomic E-state index is 12.2. The van der Waals surface area contributed by atoms with Crippen LogP contribution in [0.1, 0.15) is 30.1 Å². The fourth-order valence-corrected chi connectivity index (χ4v) is 2.70. The van der Waals surface area contributed by atoms with E-state index in [1.54, 1.807) is 19.2 Å². The molecule has 0 spiro atoms. The van der Waals surface area contributed by atoms with Gasteiger partial charge in [0.05, 0.1) is 18.2 Å². The van der Waals surface area contributed by atoms with Gasteiger partial charge in [-0.2, -0.15) is 0 Å². The van der Waals surface area contributed by atoms with Crippen LogP contribution in [0.2, 0.25) is 0 Å². The number of carbonyl (C=O) groups is 1. The third-order valence-electron chi connectivity index (χ3n) is 3.51. The van der Waals surface area contributed by atoms with Crippen LogP contribution < -0.4 is 20.5 Å². The number of ether oxygens (including phenoxy) is 2. The van der Waals surface area contributed by atoms with Crippen molar-refractivity contribution in [3.63, 3.8) is 0 Å². The number of hydrogen-bond donors (Lipinski definition) is 2. The molecule has 0 heterocycles. The minimum Gasteiger partial charge on any atom is -0.493 e. The molecule has 1 aliphatic rings. The molecular formula is C15H21BrN2O3. The molecule has 1 saturated carbocycles. The normalized spacial score (nSPS) is 15.4. The number of benzene rings is 1. The van der Waals surface area contributed by atoms with Gasteiger partial charge in [-0.3, -0.25) is 4.79 Å². The Morgan fingerprint density at radius 2 is 2.24 bits per heavy atom. The molecule has 1 aromatic carbocycles. The van der Waals surface area contributed by atoms with Gasteiger partial charge in [0.25, 0.3) is 5.91 Å². The first-order chi connectivity index (χ1) is 10.1. The van der Waals surface area contributed by atoms with Gasteiger partial charge in [0.15, 0.2) is 11.5 Å². The maximum Gasteiger partial charge on any atom is 0.251 e. The fraction of sp³-hybridized carbons (Fsp3) is 0.533. The van der Waals surface area contributed by atoms with E-state index in [0.29, 0.717) is 40.6 Å². The average Bonchev–Trinajstić information content (AvgIpc) is 3.31. The summed E-state index contributed by atoms with van der Waals surface area (Å²) in [4.78, 5) is 12.2. The Kier molecular flexibility index (Phi) is 5.47. The lowest BCUT2D eigenvalue weighted by atomic mass is 10.1. The summed E-state index contributed by atoms with van der Waals surface area (Å²) in [5.74, 6) is 1.54. The van der Waals surface area contributed by atoms with Gasteiger partial charge in [-0.15, -0.1) is 0 Å². The zero-order valence-electron chi connectivity index (χ0n) is 12.3. The zero-order valence-corrected chi connectivity index (χ0v) is 13.9. The summed E-state index contributed by atoms with van der Waals surface area (Å²) in [6.45, 7) is 2.92. The minimum atomic E-state index is -0.159. The van der Waals surface area contributed by atoms with E-state index in [-0.39, 0.29) is 11.9 Å². The number of nitrogens with two attached hydrogens (primary N) is 1. The molecule has 1 amide bonds. The third kappa shape index (κ3) is 4.11. The van der Waals surface area contributed by atoms with Crippen LogP contribution in [0.3, 0.4) is 0 Å². The quantitative estimate of drug-likeness (QED) is 0.786. The van der Waals surface area contributed by atoms with Gasteiger partial charge < -0.3 is 20.5 Å². The summed E-state index contributed by atoms with van der Waals surface area (Å²) >= 11 is 3.41. The van der Waals surface area contributed by atoms with E-state index in [1.807, 2.05) is 6.92 Å². The zero-order chi connectivity index (χ0) is 15.4. The molecule has 1 atom stereocenters. The first kappa shape index (κ1) is 16.1. The molecule has 1 fully saturated rings. The maximum absolute atomic E-state index is 12.2. The van der Waals surface area contributed by atoms with Crippen molar-refractivity contribution in [1.29, 1.82) is 0 Å². The minimum absolute atomic E-state index is 0.0435. The molecular weight excluding hydrogens is 336 g/mol. The predicted octanol–water partition coefficient (Wildman–Crippen LogP) is 2.32. The number of carbonyl (C=O) groups excluding carboxylic acids is 1. The van der Waals surface area contributed by atoms with Crippen molar-refractivity contribution < 1.29 is 14.3 Å². The molecule has 21 heavy (non-hydrogen) atoms. The van der Waals surface area contributed by atoms with E-state index in [9.17, 15) is 4.79 Å². The van der Waals surface area contributed by atoms with E-state index >= 15 is 0 Å². The molecule has 3 N–H and O–H groups in total. The molecule has 5 nitrogen and oxygen atoms in total. The van der Waals surface area contributed by atoms with Crippen molar-refractivity contribution in [2.45, 2.75) is 25.8 Å². The lowest BCUT2D eigenvalue weighted by molar-refractivity contribution is 0.0950. The molecule has 0 aliphatic heterocycles. The largest absolute Gasteiger partial charge is 0.493 e. The number of hydrogen-bond acceptors (Lipinski definition) is 4. The van der Waals surface area contributed by atoms with Crippen LogP contribution in [0.25, 0.3) is 0 Å². The molecule has 0 bridgehead atoms. The second-order valence-corrected chi connectivity index (χ2v) is 5.99. The van der Waals surface area contributed by atoms with Gasteiger partial charge in [0.1, 0.15) is 0 Å². The van der Waals surface area contributed by atoms with Crippen LogP contribution in [0, 0.1) is 5.92 Å². The summed E-state index contributed by atoms with van der Waals surface area (Å²) in [5.41, 5.74) is 6.50. The average molecular weight is 357 g/mol. The third-order valence-corrected chi connectivity index (χ3v) is 4.10. The Balaban J connectivity index is 2.07. The number of amides is 1. The number of methoxy groups -OCH3 is 1. The summed E-state index contributed by atoms with van der Waals surface area (Å²) in [6, 6.07) is 3.45. The lowest BCUT2D eigenvalue weighted by Crippen LogP contribution is -2.38. The second kappa shape index (κ2) is 7.13. The van der Waals surface area contributed by atoms with Crippen molar-refractivity contribution in [1.82, 2.24) is 5.32 Å². The van der Waals surface area contributed by atoms with Crippen LogP contribution in [0.4, 0.5) is 0 Å². The Morgan fingerprint density at radius 3 is 2.81 bits per heavy atom. The van der Waals surface area contributed by atoms with Gasteiger partial charge in [-0.25, -0.2) is 0 Å². The Labute approximate surface area is 133 Å². The van der Waals surface area contributed by atoms with Crippen LogP contribution in [-0.2, 0) is 0 Å². The molecule has 6 heteroatoms. The highest BCUT2D eigenvalue weighted by Crippen LogP contribution is 2.36. The summed E-state index contributed by atoms with van der Waals surface area (Å²) < 4.78 is 11.5. The molecule has 2 rings (SSSR count). The first-order valence-electron chi connectivity index (χ1n) is 7.11. The Hall–Kier alpha value is -1.27. The topological polar surface area (TPSA) is 73.6 Å². The summed E-state index contributed by atoms with van der Waals surface area (Å²) in [7, 11) is 1.55. The van der Waals surface area contributed by atoms with Crippen molar-refractivity contribution in [3.8, 4) is 11.5 Å².